The molecule has 0 aromatic rings. The number of phosphoric acid groups is 2. The first-order chi connectivity index (χ1) is 43.4. The number of ether oxygens (including phenoxy) is 4. The number of unbranched alkanes of at least 4 members (excludes halogenated alkanes) is 40. The predicted octanol–water partition coefficient (Wildman–Crippen LogP) is 20.4. The summed E-state index contributed by atoms with van der Waals surface area (Å²) in [5.41, 5.74) is 0. The van der Waals surface area contributed by atoms with Gasteiger partial charge in [-0.05, 0) is 37.5 Å². The van der Waals surface area contributed by atoms with Crippen LogP contribution in [0.1, 0.15) is 363 Å². The van der Waals surface area contributed by atoms with E-state index in [0.29, 0.717) is 25.7 Å². The lowest BCUT2D eigenvalue weighted by atomic mass is 10.0. The molecule has 2 unspecified atom stereocenters. The SMILES string of the molecule is CCCCCCCCCCCCCCCCCCCCC(=O)O[C@H](COC(=O)CCCCCCCCCCCC(C)C)COP(=O)(O)OC[C@@H](O)COP(=O)(O)OC[C@@H](COC(=O)CCCCCCCCCCC)OC(=O)CCCCCCCCCCC(C)C. The van der Waals surface area contributed by atoms with Crippen molar-refractivity contribution in [1.82, 2.24) is 0 Å². The van der Waals surface area contributed by atoms with E-state index in [4.69, 9.17) is 37.0 Å². The molecule has 19 heteroatoms. The molecule has 534 valence electrons. The van der Waals surface area contributed by atoms with Crippen LogP contribution >= 0.6 is 15.6 Å². The topological polar surface area (TPSA) is 237 Å². The van der Waals surface area contributed by atoms with Gasteiger partial charge in [0.15, 0.2) is 12.2 Å². The molecule has 0 spiro atoms. The molecule has 0 saturated heterocycles. The van der Waals surface area contributed by atoms with Crippen LogP contribution in [0.2, 0.25) is 0 Å². The fourth-order valence-corrected chi connectivity index (χ4v) is 12.3. The molecule has 0 radical (unpaired) electrons. The number of carbonyl (C=O) groups excluding carboxylic acids is 4. The Kier molecular flexibility index (Phi) is 61.8. The zero-order valence-electron chi connectivity index (χ0n) is 58.4. The molecule has 0 aliphatic rings. The number of rotatable bonds is 70. The second-order valence-electron chi connectivity index (χ2n) is 26.6. The van der Waals surface area contributed by atoms with Gasteiger partial charge in [-0.15, -0.1) is 0 Å². The van der Waals surface area contributed by atoms with Gasteiger partial charge in [-0.2, -0.15) is 0 Å². The normalized spacial score (nSPS) is 14.1. The summed E-state index contributed by atoms with van der Waals surface area (Å²) in [6.07, 6.45) is 48.7. The molecule has 0 amide bonds. The van der Waals surface area contributed by atoms with E-state index in [9.17, 15) is 43.2 Å². The molecule has 3 N–H and O–H groups in total. The number of carbonyl (C=O) groups is 4. The molecule has 0 aliphatic heterocycles. The maximum atomic E-state index is 13.0. The van der Waals surface area contributed by atoms with Gasteiger partial charge in [0, 0.05) is 25.7 Å². The van der Waals surface area contributed by atoms with Gasteiger partial charge in [-0.25, -0.2) is 9.13 Å². The molecule has 0 saturated carbocycles. The molecule has 0 aromatic heterocycles. The van der Waals surface area contributed by atoms with E-state index in [2.05, 4.69) is 41.5 Å². The maximum absolute atomic E-state index is 13.0. The van der Waals surface area contributed by atoms with Gasteiger partial charge in [0.05, 0.1) is 26.4 Å². The van der Waals surface area contributed by atoms with Gasteiger partial charge in [-0.3, -0.25) is 37.3 Å². The summed E-state index contributed by atoms with van der Waals surface area (Å²) >= 11 is 0. The fraction of sp³-hybridized carbons (Fsp3) is 0.944. The lowest BCUT2D eigenvalue weighted by Crippen LogP contribution is -2.30. The molecule has 0 aromatic carbocycles. The number of phosphoric ester groups is 2. The van der Waals surface area contributed by atoms with E-state index in [-0.39, 0.29) is 25.7 Å². The van der Waals surface area contributed by atoms with E-state index >= 15 is 0 Å². The van der Waals surface area contributed by atoms with Crippen molar-refractivity contribution in [3.05, 3.63) is 0 Å². The first-order valence-corrected chi connectivity index (χ1v) is 40.0. The minimum Gasteiger partial charge on any atom is -0.462 e. The largest absolute Gasteiger partial charge is 0.472 e. The van der Waals surface area contributed by atoms with E-state index in [1.807, 2.05) is 0 Å². The third kappa shape index (κ3) is 64.8. The van der Waals surface area contributed by atoms with Crippen LogP contribution in [0.5, 0.6) is 0 Å². The van der Waals surface area contributed by atoms with Gasteiger partial charge in [0.25, 0.3) is 0 Å². The van der Waals surface area contributed by atoms with Crippen molar-refractivity contribution in [2.45, 2.75) is 381 Å². The summed E-state index contributed by atoms with van der Waals surface area (Å²) in [7, 11) is -9.90. The minimum absolute atomic E-state index is 0.104. The molecular formula is C71H138O17P2. The lowest BCUT2D eigenvalue weighted by Gasteiger charge is -2.21. The third-order valence-corrected chi connectivity index (χ3v) is 18.4. The van der Waals surface area contributed by atoms with Gasteiger partial charge in [-0.1, -0.05) is 311 Å². The van der Waals surface area contributed by atoms with Crippen LogP contribution in [0.15, 0.2) is 0 Å². The van der Waals surface area contributed by atoms with Crippen molar-refractivity contribution in [2.75, 3.05) is 39.6 Å². The summed E-state index contributed by atoms with van der Waals surface area (Å²) in [6, 6.07) is 0. The third-order valence-electron chi connectivity index (χ3n) is 16.5. The Morgan fingerprint density at radius 3 is 0.756 bits per heavy atom. The van der Waals surface area contributed by atoms with E-state index in [1.165, 1.54) is 180 Å². The van der Waals surface area contributed by atoms with Gasteiger partial charge < -0.3 is 33.8 Å². The van der Waals surface area contributed by atoms with Crippen LogP contribution in [0.4, 0.5) is 0 Å². The summed E-state index contributed by atoms with van der Waals surface area (Å²) in [6.45, 7) is 9.48. The second kappa shape index (κ2) is 63.1. The molecule has 0 aliphatic carbocycles. The fourth-order valence-electron chi connectivity index (χ4n) is 10.8. The van der Waals surface area contributed by atoms with Crippen LogP contribution in [-0.2, 0) is 65.4 Å². The summed E-state index contributed by atoms with van der Waals surface area (Å²) in [5.74, 6) is -0.663. The van der Waals surface area contributed by atoms with Crippen molar-refractivity contribution in [3.63, 3.8) is 0 Å². The smallest absolute Gasteiger partial charge is 0.462 e. The lowest BCUT2D eigenvalue weighted by molar-refractivity contribution is -0.161. The van der Waals surface area contributed by atoms with Gasteiger partial charge in [0.2, 0.25) is 0 Å². The summed E-state index contributed by atoms with van der Waals surface area (Å²) in [5, 5.41) is 10.6. The van der Waals surface area contributed by atoms with Crippen LogP contribution < -0.4 is 0 Å². The maximum Gasteiger partial charge on any atom is 0.472 e. The Labute approximate surface area is 549 Å². The second-order valence-corrected chi connectivity index (χ2v) is 29.5. The molecule has 90 heavy (non-hydrogen) atoms. The van der Waals surface area contributed by atoms with Crippen LogP contribution in [0.25, 0.3) is 0 Å². The monoisotopic (exact) mass is 1320 g/mol. The zero-order valence-corrected chi connectivity index (χ0v) is 60.2. The molecule has 0 bridgehead atoms. The predicted molar refractivity (Wildman–Crippen MR) is 363 cm³/mol. The molecule has 0 rings (SSSR count). The number of aliphatic hydroxyl groups excluding tert-OH is 1. The van der Waals surface area contributed by atoms with Crippen LogP contribution in [0, 0.1) is 11.8 Å². The summed E-state index contributed by atoms with van der Waals surface area (Å²) in [4.78, 5) is 72.5. The highest BCUT2D eigenvalue weighted by molar-refractivity contribution is 7.47. The Morgan fingerprint density at radius 2 is 0.511 bits per heavy atom. The van der Waals surface area contributed by atoms with E-state index < -0.39 is 97.5 Å². The standard InChI is InChI=1S/C71H138O17P2/c1-7-9-11-13-15-17-18-19-20-21-22-23-24-25-29-37-43-49-55-70(75)87-66(60-82-69(74)54-48-42-36-30-26-28-33-39-45-51-63(3)4)61-85-89(77,78)83-57-65(72)58-84-90(79,80)86-62-67(59-81-68(73)53-47-41-35-27-16-14-12-10-8-2)88-71(76)56-50-44-38-32-31-34-40-46-52-64(5)6/h63-67,72H,7-62H2,1-6H3,(H,77,78)(H,79,80)/t65-,66-,67-/m1/s1. The number of aliphatic hydroxyl groups is 1. The van der Waals surface area contributed by atoms with Gasteiger partial charge >= 0.3 is 39.5 Å². The quantitative estimate of drug-likeness (QED) is 0.0222. The van der Waals surface area contributed by atoms with Gasteiger partial charge in [0.1, 0.15) is 19.3 Å². The molecule has 5 atom stereocenters. The van der Waals surface area contributed by atoms with Crippen LogP contribution in [0.3, 0.4) is 0 Å². The molecular weight excluding hydrogens is 1190 g/mol. The number of hydrogen-bond donors (Lipinski definition) is 3. The van der Waals surface area contributed by atoms with Crippen molar-refractivity contribution in [3.8, 4) is 0 Å². The Bertz CT molecular complexity index is 1750. The average Bonchev–Trinajstić information content (AvgIpc) is 2.90. The minimum atomic E-state index is -4.95. The van der Waals surface area contributed by atoms with Crippen molar-refractivity contribution in [1.29, 1.82) is 0 Å². The van der Waals surface area contributed by atoms with Crippen LogP contribution in [-0.4, -0.2) is 96.7 Å². The average molecular weight is 1330 g/mol. The Morgan fingerprint density at radius 1 is 0.300 bits per heavy atom. The Balaban J connectivity index is 5.21. The van der Waals surface area contributed by atoms with Crippen molar-refractivity contribution >= 4 is 39.5 Å². The highest BCUT2D eigenvalue weighted by Crippen LogP contribution is 2.45. The van der Waals surface area contributed by atoms with Crippen molar-refractivity contribution in [2.24, 2.45) is 11.8 Å². The van der Waals surface area contributed by atoms with Crippen molar-refractivity contribution < 1.29 is 80.2 Å². The zero-order chi connectivity index (χ0) is 66.5. The molecule has 0 fully saturated rings. The highest BCUT2D eigenvalue weighted by Gasteiger charge is 2.30. The number of esters is 4. The summed E-state index contributed by atoms with van der Waals surface area (Å²) < 4.78 is 68.3. The first kappa shape index (κ1) is 88.1. The first-order valence-electron chi connectivity index (χ1n) is 37.0. The van der Waals surface area contributed by atoms with E-state index in [1.54, 1.807) is 0 Å². The number of hydrogen-bond acceptors (Lipinski definition) is 15. The molecule has 17 nitrogen and oxygen atoms in total. The molecule has 0 heterocycles. The van der Waals surface area contributed by atoms with E-state index in [0.717, 1.165) is 102 Å². The Hall–Kier alpha value is -1.94. The highest BCUT2D eigenvalue weighted by atomic mass is 31.2.